The maximum atomic E-state index is 13.6. The topological polar surface area (TPSA) is 58.6 Å². The second-order valence-corrected chi connectivity index (χ2v) is 8.26. The zero-order valence-electron chi connectivity index (χ0n) is 17.7. The highest BCUT2D eigenvalue weighted by Gasteiger charge is 2.41. The molecule has 0 spiro atoms. The molecule has 0 aliphatic carbocycles. The molecule has 0 atom stereocenters. The van der Waals surface area contributed by atoms with Crippen LogP contribution in [-0.4, -0.2) is 18.9 Å². The largest absolute Gasteiger partial charge is 0.495 e. The van der Waals surface area contributed by atoms with E-state index in [1.54, 1.807) is 62.6 Å². The van der Waals surface area contributed by atoms with E-state index in [0.29, 0.717) is 38.3 Å². The maximum Gasteiger partial charge on any atom is 0.282 e. The highest BCUT2D eigenvalue weighted by Crippen LogP contribution is 2.38. The van der Waals surface area contributed by atoms with Crippen molar-refractivity contribution in [3.63, 3.8) is 0 Å². The Morgan fingerprint density at radius 2 is 1.62 bits per heavy atom. The molecule has 0 saturated carbocycles. The number of nitrogens with zero attached hydrogens (tertiary/aromatic N) is 1. The zero-order chi connectivity index (χ0) is 23.0. The summed E-state index contributed by atoms with van der Waals surface area (Å²) in [6, 6.07) is 17.5. The zero-order valence-corrected chi connectivity index (χ0v) is 19.2. The highest BCUT2D eigenvalue weighted by molar-refractivity contribution is 6.46. The Balaban J connectivity index is 1.88. The molecule has 0 unspecified atom stereocenters. The third kappa shape index (κ3) is 3.85. The van der Waals surface area contributed by atoms with Gasteiger partial charge in [0.05, 0.1) is 24.1 Å². The molecule has 0 fully saturated rings. The first-order valence-electron chi connectivity index (χ1n) is 9.87. The third-order valence-electron chi connectivity index (χ3n) is 5.31. The number of rotatable bonds is 5. The number of hydrogen-bond donors (Lipinski definition) is 1. The highest BCUT2D eigenvalue weighted by atomic mass is 35.5. The van der Waals surface area contributed by atoms with Crippen LogP contribution in [0.15, 0.2) is 66.4 Å². The summed E-state index contributed by atoms with van der Waals surface area (Å²) in [5.74, 6) is -0.373. The molecule has 1 aliphatic rings. The van der Waals surface area contributed by atoms with Gasteiger partial charge in [0.2, 0.25) is 0 Å². The molecule has 162 valence electrons. The summed E-state index contributed by atoms with van der Waals surface area (Å²) in [5, 5.41) is 4.16. The molecule has 2 amide bonds. The van der Waals surface area contributed by atoms with E-state index < -0.39 is 11.8 Å². The molecule has 1 N–H and O–H groups in total. The Kier molecular flexibility index (Phi) is 5.96. The van der Waals surface area contributed by atoms with E-state index in [1.165, 1.54) is 0 Å². The van der Waals surface area contributed by atoms with Crippen LogP contribution < -0.4 is 15.0 Å². The van der Waals surface area contributed by atoms with Gasteiger partial charge in [-0.05, 0) is 66.9 Å². The van der Waals surface area contributed by atoms with Crippen molar-refractivity contribution in [1.82, 2.24) is 0 Å². The Bertz CT molecular complexity index is 1270. The molecule has 4 rings (SSSR count). The van der Waals surface area contributed by atoms with Crippen LogP contribution in [0.3, 0.4) is 0 Å². The number of carbonyl (C=O) groups excluding carboxylic acids is 2. The number of anilines is 2. The van der Waals surface area contributed by atoms with Crippen LogP contribution in [0.5, 0.6) is 5.75 Å². The molecule has 0 aromatic heterocycles. The van der Waals surface area contributed by atoms with Gasteiger partial charge in [0.1, 0.15) is 11.4 Å². The first-order valence-corrected chi connectivity index (χ1v) is 10.6. The Hall–Kier alpha value is -3.28. The predicted molar refractivity (Wildman–Crippen MR) is 128 cm³/mol. The quantitative estimate of drug-likeness (QED) is 0.467. The molecule has 0 saturated heterocycles. The van der Waals surface area contributed by atoms with E-state index in [9.17, 15) is 9.59 Å². The van der Waals surface area contributed by atoms with Crippen molar-refractivity contribution in [1.29, 1.82) is 0 Å². The number of hydrogen-bond acceptors (Lipinski definition) is 4. The summed E-state index contributed by atoms with van der Waals surface area (Å²) in [5.41, 5.74) is 3.60. The van der Waals surface area contributed by atoms with Gasteiger partial charge >= 0.3 is 0 Å². The molecule has 3 aromatic rings. The van der Waals surface area contributed by atoms with E-state index in [0.717, 1.165) is 10.5 Å². The summed E-state index contributed by atoms with van der Waals surface area (Å²) < 4.78 is 5.45. The minimum absolute atomic E-state index is 0.153. The lowest BCUT2D eigenvalue weighted by molar-refractivity contribution is -0.120. The van der Waals surface area contributed by atoms with Crippen molar-refractivity contribution in [3.05, 3.63) is 93.1 Å². The van der Waals surface area contributed by atoms with E-state index in [-0.39, 0.29) is 11.3 Å². The Labute approximate surface area is 196 Å². The van der Waals surface area contributed by atoms with Crippen molar-refractivity contribution in [2.45, 2.75) is 13.8 Å². The van der Waals surface area contributed by atoms with Gasteiger partial charge < -0.3 is 10.1 Å². The minimum atomic E-state index is -0.478. The van der Waals surface area contributed by atoms with Gasteiger partial charge in [0.15, 0.2) is 0 Å². The molecule has 32 heavy (non-hydrogen) atoms. The lowest BCUT2D eigenvalue weighted by atomic mass is 10.0. The van der Waals surface area contributed by atoms with Crippen LogP contribution in [0.4, 0.5) is 11.4 Å². The molecule has 5 nitrogen and oxygen atoms in total. The number of amides is 2. The molecular formula is C25H20Cl2N2O3. The number of carbonyl (C=O) groups is 2. The summed E-state index contributed by atoms with van der Waals surface area (Å²) in [7, 11) is 1.55. The number of nitrogens with one attached hydrogen (secondary N) is 1. The van der Waals surface area contributed by atoms with Crippen molar-refractivity contribution < 1.29 is 14.3 Å². The van der Waals surface area contributed by atoms with Crippen molar-refractivity contribution in [2.24, 2.45) is 0 Å². The van der Waals surface area contributed by atoms with Crippen molar-refractivity contribution in [3.8, 4) is 5.75 Å². The first-order chi connectivity index (χ1) is 15.3. The van der Waals surface area contributed by atoms with Crippen LogP contribution in [-0.2, 0) is 9.59 Å². The van der Waals surface area contributed by atoms with E-state index in [4.69, 9.17) is 27.9 Å². The summed E-state index contributed by atoms with van der Waals surface area (Å²) >= 11 is 12.3. The molecular weight excluding hydrogens is 447 g/mol. The van der Waals surface area contributed by atoms with Gasteiger partial charge in [-0.25, -0.2) is 4.90 Å². The van der Waals surface area contributed by atoms with Crippen LogP contribution in [0.2, 0.25) is 10.0 Å². The van der Waals surface area contributed by atoms with Crippen LogP contribution in [0, 0.1) is 13.8 Å². The summed E-state index contributed by atoms with van der Waals surface area (Å²) in [6.07, 6.45) is 0. The second-order valence-electron chi connectivity index (χ2n) is 7.42. The minimum Gasteiger partial charge on any atom is -0.495 e. The fourth-order valence-electron chi connectivity index (χ4n) is 3.64. The molecule has 7 heteroatoms. The number of benzene rings is 3. The van der Waals surface area contributed by atoms with Crippen molar-refractivity contribution in [2.75, 3.05) is 17.3 Å². The fourth-order valence-corrected chi connectivity index (χ4v) is 3.94. The lowest BCUT2D eigenvalue weighted by Crippen LogP contribution is -2.33. The number of halogens is 2. The number of aryl methyl sites for hydroxylation is 1. The van der Waals surface area contributed by atoms with Crippen molar-refractivity contribution >= 4 is 52.0 Å². The average molecular weight is 467 g/mol. The Morgan fingerprint density at radius 3 is 2.31 bits per heavy atom. The standard InChI is InChI=1S/C25H20Cl2N2O3/c1-14-7-12-21(32-3)19(13-14)28-23-22(16-8-10-17(26)11-9-16)24(30)29(25(23)31)20-6-4-5-18(27)15(20)2/h4-13,28H,1-3H3. The van der Waals surface area contributed by atoms with Gasteiger partial charge in [-0.2, -0.15) is 0 Å². The van der Waals surface area contributed by atoms with Crippen LogP contribution in [0.1, 0.15) is 16.7 Å². The fraction of sp³-hybridized carbons (Fsp3) is 0.120. The SMILES string of the molecule is COc1ccc(C)cc1NC1=C(c2ccc(Cl)cc2)C(=O)N(c2cccc(Cl)c2C)C1=O. The molecule has 3 aromatic carbocycles. The lowest BCUT2D eigenvalue weighted by Gasteiger charge is -2.18. The molecule has 0 bridgehead atoms. The first kappa shape index (κ1) is 21.9. The summed E-state index contributed by atoms with van der Waals surface area (Å²) in [6.45, 7) is 3.71. The predicted octanol–water partition coefficient (Wildman–Crippen LogP) is 6.02. The monoisotopic (exact) mass is 466 g/mol. The second kappa shape index (κ2) is 8.69. The van der Waals surface area contributed by atoms with Gasteiger partial charge in [-0.1, -0.05) is 47.5 Å². The smallest absolute Gasteiger partial charge is 0.282 e. The van der Waals surface area contributed by atoms with Gasteiger partial charge in [-0.15, -0.1) is 0 Å². The van der Waals surface area contributed by atoms with E-state index in [1.807, 2.05) is 19.1 Å². The molecule has 0 radical (unpaired) electrons. The molecule has 1 aliphatic heterocycles. The van der Waals surface area contributed by atoms with E-state index >= 15 is 0 Å². The third-order valence-corrected chi connectivity index (χ3v) is 5.97. The molecule has 1 heterocycles. The maximum absolute atomic E-state index is 13.6. The summed E-state index contributed by atoms with van der Waals surface area (Å²) in [4.78, 5) is 28.3. The van der Waals surface area contributed by atoms with E-state index in [2.05, 4.69) is 5.32 Å². The van der Waals surface area contributed by atoms with Crippen LogP contribution >= 0.6 is 23.2 Å². The normalized spacial score (nSPS) is 13.7. The number of methoxy groups -OCH3 is 1. The number of ether oxygens (including phenoxy) is 1. The van der Waals surface area contributed by atoms with Gasteiger partial charge in [-0.3, -0.25) is 9.59 Å². The van der Waals surface area contributed by atoms with Gasteiger partial charge in [0.25, 0.3) is 11.8 Å². The Morgan fingerprint density at radius 1 is 0.906 bits per heavy atom. The van der Waals surface area contributed by atoms with Crippen LogP contribution in [0.25, 0.3) is 5.57 Å². The number of imide groups is 1. The van der Waals surface area contributed by atoms with Gasteiger partial charge in [0, 0.05) is 10.0 Å². The average Bonchev–Trinajstić information content (AvgIpc) is 3.01.